The number of ketones is 1. The van der Waals surface area contributed by atoms with Crippen LogP contribution in [0.2, 0.25) is 5.15 Å². The van der Waals surface area contributed by atoms with Crippen LogP contribution < -0.4 is 4.90 Å². The standard InChI is InChI=1S/C14H14ClFN2O3/c1-2-21-14(20)9-6-18(7-3-4-7)13-8(11(9)19)5-10(16)12(15)17-13/h5,7,9H,2-4,6H2,1H3/t9-/m1/s1. The second kappa shape index (κ2) is 5.26. The predicted molar refractivity (Wildman–Crippen MR) is 74.0 cm³/mol. The lowest BCUT2D eigenvalue weighted by Crippen LogP contribution is -2.45. The van der Waals surface area contributed by atoms with Gasteiger partial charge in [0, 0.05) is 12.6 Å². The largest absolute Gasteiger partial charge is 0.465 e. The zero-order valence-electron chi connectivity index (χ0n) is 11.4. The van der Waals surface area contributed by atoms with Crippen molar-refractivity contribution in [1.29, 1.82) is 0 Å². The quantitative estimate of drug-likeness (QED) is 0.486. The van der Waals surface area contributed by atoms with Crippen LogP contribution in [0.4, 0.5) is 10.2 Å². The summed E-state index contributed by atoms with van der Waals surface area (Å²) in [7, 11) is 0. The molecule has 7 heteroatoms. The first-order valence-corrected chi connectivity index (χ1v) is 7.24. The molecule has 3 rings (SSSR count). The Labute approximate surface area is 126 Å². The summed E-state index contributed by atoms with van der Waals surface area (Å²) in [6, 6.07) is 1.29. The summed E-state index contributed by atoms with van der Waals surface area (Å²) < 4.78 is 18.6. The fraction of sp³-hybridized carbons (Fsp3) is 0.500. The van der Waals surface area contributed by atoms with Crippen LogP contribution in [0.1, 0.15) is 30.1 Å². The molecule has 0 unspecified atom stereocenters. The number of ether oxygens (including phenoxy) is 1. The Hall–Kier alpha value is -1.69. The first-order valence-electron chi connectivity index (χ1n) is 6.86. The Bertz CT molecular complexity index is 618. The van der Waals surface area contributed by atoms with Gasteiger partial charge in [-0.1, -0.05) is 11.6 Å². The molecule has 0 N–H and O–H groups in total. The average Bonchev–Trinajstić information content (AvgIpc) is 3.26. The molecule has 2 aliphatic rings. The highest BCUT2D eigenvalue weighted by atomic mass is 35.5. The predicted octanol–water partition coefficient (Wildman–Crippen LogP) is 2.22. The van der Waals surface area contributed by atoms with Crippen molar-refractivity contribution in [2.75, 3.05) is 18.1 Å². The fourth-order valence-electron chi connectivity index (χ4n) is 2.54. The van der Waals surface area contributed by atoms with Crippen LogP contribution in [0.15, 0.2) is 6.07 Å². The van der Waals surface area contributed by atoms with E-state index in [2.05, 4.69) is 4.98 Å². The number of anilines is 1. The molecule has 1 saturated carbocycles. The lowest BCUT2D eigenvalue weighted by atomic mass is 9.93. The number of rotatable bonds is 3. The van der Waals surface area contributed by atoms with Gasteiger partial charge in [-0.3, -0.25) is 9.59 Å². The first kappa shape index (κ1) is 14.3. The molecule has 1 aromatic rings. The Morgan fingerprint density at radius 2 is 2.29 bits per heavy atom. The van der Waals surface area contributed by atoms with Crippen LogP contribution in [-0.4, -0.2) is 35.9 Å². The van der Waals surface area contributed by atoms with Gasteiger partial charge < -0.3 is 9.64 Å². The van der Waals surface area contributed by atoms with Crippen LogP contribution in [0.5, 0.6) is 0 Å². The van der Waals surface area contributed by atoms with Crippen LogP contribution in [0, 0.1) is 11.7 Å². The van der Waals surface area contributed by atoms with Crippen molar-refractivity contribution in [1.82, 2.24) is 4.98 Å². The van der Waals surface area contributed by atoms with Crippen LogP contribution in [0.3, 0.4) is 0 Å². The van der Waals surface area contributed by atoms with Gasteiger partial charge in [-0.15, -0.1) is 0 Å². The molecule has 0 aromatic carbocycles. The highest BCUT2D eigenvalue weighted by Gasteiger charge is 2.43. The first-order chi connectivity index (χ1) is 10.0. The number of nitrogens with zero attached hydrogens (tertiary/aromatic N) is 2. The summed E-state index contributed by atoms with van der Waals surface area (Å²) in [6.45, 7) is 2.09. The molecule has 5 nitrogen and oxygen atoms in total. The van der Waals surface area contributed by atoms with Gasteiger partial charge in [0.2, 0.25) is 0 Å². The van der Waals surface area contributed by atoms with E-state index in [1.54, 1.807) is 6.92 Å². The van der Waals surface area contributed by atoms with E-state index >= 15 is 0 Å². The van der Waals surface area contributed by atoms with E-state index in [9.17, 15) is 14.0 Å². The van der Waals surface area contributed by atoms with Gasteiger partial charge in [0.05, 0.1) is 12.2 Å². The molecule has 0 bridgehead atoms. The number of halogens is 2. The number of pyridine rings is 1. The summed E-state index contributed by atoms with van der Waals surface area (Å²) >= 11 is 5.72. The zero-order chi connectivity index (χ0) is 15.1. The minimum absolute atomic E-state index is 0.105. The van der Waals surface area contributed by atoms with E-state index in [-0.39, 0.29) is 29.9 Å². The van der Waals surface area contributed by atoms with Crippen molar-refractivity contribution in [2.24, 2.45) is 5.92 Å². The van der Waals surface area contributed by atoms with Gasteiger partial charge in [0.25, 0.3) is 0 Å². The maximum Gasteiger partial charge on any atom is 0.318 e. The third-order valence-corrected chi connectivity index (χ3v) is 3.97. The molecular weight excluding hydrogens is 299 g/mol. The summed E-state index contributed by atoms with van der Waals surface area (Å²) in [5.74, 6) is -2.35. The van der Waals surface area contributed by atoms with E-state index < -0.39 is 23.5 Å². The number of hydrogen-bond acceptors (Lipinski definition) is 5. The van der Waals surface area contributed by atoms with Gasteiger partial charge in [0.15, 0.2) is 16.8 Å². The highest BCUT2D eigenvalue weighted by molar-refractivity contribution is 6.30. The molecule has 0 spiro atoms. The normalized spacial score (nSPS) is 21.2. The molecule has 21 heavy (non-hydrogen) atoms. The molecule has 1 aliphatic carbocycles. The van der Waals surface area contributed by atoms with E-state index in [1.165, 1.54) is 0 Å². The second-order valence-electron chi connectivity index (χ2n) is 5.18. The van der Waals surface area contributed by atoms with Crippen molar-refractivity contribution in [3.63, 3.8) is 0 Å². The average molecular weight is 313 g/mol. The number of esters is 1. The van der Waals surface area contributed by atoms with Crippen LogP contribution in [0.25, 0.3) is 0 Å². The SMILES string of the molecule is CCOC(=O)[C@@H]1CN(C2CC2)c2nc(Cl)c(F)cc2C1=O. The summed E-state index contributed by atoms with van der Waals surface area (Å²) in [4.78, 5) is 30.2. The van der Waals surface area contributed by atoms with Crippen molar-refractivity contribution < 1.29 is 18.7 Å². The van der Waals surface area contributed by atoms with Crippen molar-refractivity contribution in [2.45, 2.75) is 25.8 Å². The van der Waals surface area contributed by atoms with Gasteiger partial charge in [-0.2, -0.15) is 0 Å². The number of hydrogen-bond donors (Lipinski definition) is 0. The molecule has 0 radical (unpaired) electrons. The summed E-state index contributed by atoms with van der Waals surface area (Å²) in [6.07, 6.45) is 1.92. The molecule has 0 saturated heterocycles. The number of fused-ring (bicyclic) bond motifs is 1. The Kier molecular flexibility index (Phi) is 3.57. The summed E-state index contributed by atoms with van der Waals surface area (Å²) in [5, 5.41) is -0.262. The highest BCUT2D eigenvalue weighted by Crippen LogP contribution is 2.38. The third-order valence-electron chi connectivity index (χ3n) is 3.71. The molecule has 112 valence electrons. The lowest BCUT2D eigenvalue weighted by Gasteiger charge is -2.33. The Balaban J connectivity index is 2.03. The van der Waals surface area contributed by atoms with E-state index in [4.69, 9.17) is 16.3 Å². The Morgan fingerprint density at radius 1 is 1.57 bits per heavy atom. The minimum atomic E-state index is -0.930. The molecule has 1 aromatic heterocycles. The second-order valence-corrected chi connectivity index (χ2v) is 5.54. The number of aromatic nitrogens is 1. The number of Topliss-reactive ketones (excluding diaryl/α,β-unsaturated/α-hetero) is 1. The maximum atomic E-state index is 13.6. The lowest BCUT2D eigenvalue weighted by molar-refractivity contribution is -0.145. The Morgan fingerprint density at radius 3 is 2.90 bits per heavy atom. The van der Waals surface area contributed by atoms with Gasteiger partial charge in [0.1, 0.15) is 11.7 Å². The zero-order valence-corrected chi connectivity index (χ0v) is 12.2. The smallest absolute Gasteiger partial charge is 0.318 e. The molecule has 1 atom stereocenters. The van der Waals surface area contributed by atoms with Crippen molar-refractivity contribution in [3.05, 3.63) is 22.6 Å². The van der Waals surface area contributed by atoms with E-state index in [1.807, 2.05) is 4.90 Å². The number of carbonyl (C=O) groups excluding carboxylic acids is 2. The monoisotopic (exact) mass is 312 g/mol. The molecule has 2 heterocycles. The topological polar surface area (TPSA) is 59.5 Å². The van der Waals surface area contributed by atoms with E-state index in [0.717, 1.165) is 18.9 Å². The van der Waals surface area contributed by atoms with Gasteiger partial charge in [-0.25, -0.2) is 9.37 Å². The van der Waals surface area contributed by atoms with Crippen LogP contribution in [-0.2, 0) is 9.53 Å². The van der Waals surface area contributed by atoms with Crippen molar-refractivity contribution >= 4 is 29.2 Å². The van der Waals surface area contributed by atoms with Gasteiger partial charge in [-0.05, 0) is 25.8 Å². The minimum Gasteiger partial charge on any atom is -0.465 e. The maximum absolute atomic E-state index is 13.6. The molecule has 1 aliphatic heterocycles. The molecule has 1 fully saturated rings. The van der Waals surface area contributed by atoms with Gasteiger partial charge >= 0.3 is 5.97 Å². The van der Waals surface area contributed by atoms with Crippen LogP contribution >= 0.6 is 11.6 Å². The fourth-order valence-corrected chi connectivity index (χ4v) is 2.68. The number of carbonyl (C=O) groups is 2. The molecule has 0 amide bonds. The van der Waals surface area contributed by atoms with E-state index in [0.29, 0.717) is 5.82 Å². The summed E-state index contributed by atoms with van der Waals surface area (Å²) in [5.41, 5.74) is 0.105. The molecular formula is C14H14ClFN2O3. The third kappa shape index (κ3) is 2.48. The van der Waals surface area contributed by atoms with Crippen molar-refractivity contribution in [3.8, 4) is 0 Å².